The van der Waals surface area contributed by atoms with Crippen LogP contribution in [0, 0.1) is 0 Å². The second-order valence-corrected chi connectivity index (χ2v) is 6.61. The summed E-state index contributed by atoms with van der Waals surface area (Å²) >= 11 is 0. The van der Waals surface area contributed by atoms with Gasteiger partial charge in [0.15, 0.2) is 0 Å². The number of carbonyl (C=O) groups excluding carboxylic acids is 1. The Bertz CT molecular complexity index is 881. The molecule has 1 aliphatic rings. The quantitative estimate of drug-likeness (QED) is 0.771. The largest absolute Gasteiger partial charge is 0.360 e. The first-order chi connectivity index (χ1) is 12.2. The highest BCUT2D eigenvalue weighted by Gasteiger charge is 2.22. The molecule has 3 aromatic rings. The fourth-order valence-electron chi connectivity index (χ4n) is 3.41. The van der Waals surface area contributed by atoms with Gasteiger partial charge in [0.05, 0.1) is 16.6 Å². The first-order valence-electron chi connectivity index (χ1n) is 8.58. The molecule has 1 amide bonds. The van der Waals surface area contributed by atoms with Crippen molar-refractivity contribution in [1.29, 1.82) is 0 Å². The number of amides is 1. The van der Waals surface area contributed by atoms with Gasteiger partial charge in [0.2, 0.25) is 0 Å². The number of rotatable bonds is 3. The molecule has 2 N–H and O–H groups in total. The highest BCUT2D eigenvalue weighted by molar-refractivity contribution is 6.03. The Hall–Kier alpha value is -2.73. The van der Waals surface area contributed by atoms with Gasteiger partial charge in [-0.15, -0.1) is 0 Å². The molecule has 0 saturated carbocycles. The summed E-state index contributed by atoms with van der Waals surface area (Å²) in [5, 5.41) is 2.87. The van der Waals surface area contributed by atoms with Crippen molar-refractivity contribution < 1.29 is 4.79 Å². The molecule has 25 heavy (non-hydrogen) atoms. The van der Waals surface area contributed by atoms with Gasteiger partial charge >= 0.3 is 0 Å². The number of pyridine rings is 2. The summed E-state index contributed by atoms with van der Waals surface area (Å²) in [7, 11) is 2.16. The SMILES string of the molecule is CN1CCC(c2c[nH]c3ccc(NC(=O)c4cccnc4)nc23)CC1. The lowest BCUT2D eigenvalue weighted by Crippen LogP contribution is -2.29. The summed E-state index contributed by atoms with van der Waals surface area (Å²) in [5.74, 6) is 0.883. The van der Waals surface area contributed by atoms with Crippen molar-refractivity contribution in [3.63, 3.8) is 0 Å². The summed E-state index contributed by atoms with van der Waals surface area (Å²) in [4.78, 5) is 26.7. The molecule has 0 bridgehead atoms. The number of nitrogens with zero attached hydrogens (tertiary/aromatic N) is 3. The van der Waals surface area contributed by atoms with Gasteiger partial charge < -0.3 is 15.2 Å². The minimum atomic E-state index is -0.198. The van der Waals surface area contributed by atoms with Gasteiger partial charge in [-0.05, 0) is 68.7 Å². The van der Waals surface area contributed by atoms with Crippen LogP contribution >= 0.6 is 0 Å². The summed E-state index contributed by atoms with van der Waals surface area (Å²) < 4.78 is 0. The molecule has 0 radical (unpaired) electrons. The van der Waals surface area contributed by atoms with Crippen molar-refractivity contribution >= 4 is 22.8 Å². The summed E-state index contributed by atoms with van der Waals surface area (Å²) in [5.41, 5.74) is 3.74. The molecule has 4 rings (SSSR count). The van der Waals surface area contributed by atoms with Crippen LogP contribution in [0.2, 0.25) is 0 Å². The lowest BCUT2D eigenvalue weighted by Gasteiger charge is -2.28. The van der Waals surface area contributed by atoms with E-state index in [0.29, 0.717) is 17.3 Å². The Morgan fingerprint density at radius 3 is 2.88 bits per heavy atom. The predicted octanol–water partition coefficient (Wildman–Crippen LogP) is 3.02. The zero-order chi connectivity index (χ0) is 17.2. The zero-order valence-corrected chi connectivity index (χ0v) is 14.2. The zero-order valence-electron chi connectivity index (χ0n) is 14.2. The normalized spacial score (nSPS) is 16.2. The van der Waals surface area contributed by atoms with E-state index >= 15 is 0 Å². The van der Waals surface area contributed by atoms with Gasteiger partial charge in [0.25, 0.3) is 5.91 Å². The van der Waals surface area contributed by atoms with Crippen molar-refractivity contribution in [1.82, 2.24) is 19.9 Å². The number of nitrogens with one attached hydrogen (secondary N) is 2. The lowest BCUT2D eigenvalue weighted by atomic mass is 9.91. The van der Waals surface area contributed by atoms with E-state index in [9.17, 15) is 4.79 Å². The van der Waals surface area contributed by atoms with E-state index in [1.807, 2.05) is 12.1 Å². The molecule has 0 aliphatic carbocycles. The summed E-state index contributed by atoms with van der Waals surface area (Å²) in [6.07, 6.45) is 7.54. The fraction of sp³-hybridized carbons (Fsp3) is 0.316. The van der Waals surface area contributed by atoms with Gasteiger partial charge in [0.1, 0.15) is 5.82 Å². The average Bonchev–Trinajstić information content (AvgIpc) is 3.06. The van der Waals surface area contributed by atoms with Crippen LogP contribution in [0.3, 0.4) is 0 Å². The number of likely N-dealkylation sites (tertiary alicyclic amines) is 1. The third-order valence-corrected chi connectivity index (χ3v) is 4.88. The predicted molar refractivity (Wildman–Crippen MR) is 97.8 cm³/mol. The number of hydrogen-bond acceptors (Lipinski definition) is 4. The Labute approximate surface area is 146 Å². The summed E-state index contributed by atoms with van der Waals surface area (Å²) in [6, 6.07) is 7.28. The van der Waals surface area contributed by atoms with E-state index in [-0.39, 0.29) is 5.91 Å². The highest BCUT2D eigenvalue weighted by atomic mass is 16.1. The number of hydrogen-bond donors (Lipinski definition) is 2. The maximum absolute atomic E-state index is 12.3. The van der Waals surface area contributed by atoms with E-state index in [1.54, 1.807) is 24.5 Å². The van der Waals surface area contributed by atoms with Crippen LogP contribution in [-0.2, 0) is 0 Å². The number of carbonyl (C=O) groups is 1. The van der Waals surface area contributed by atoms with Crippen LogP contribution in [0.4, 0.5) is 5.82 Å². The topological polar surface area (TPSA) is 73.9 Å². The van der Waals surface area contributed by atoms with E-state index < -0.39 is 0 Å². The van der Waals surface area contributed by atoms with Crippen molar-refractivity contribution in [2.45, 2.75) is 18.8 Å². The lowest BCUT2D eigenvalue weighted by molar-refractivity contribution is 0.102. The molecular formula is C19H21N5O. The molecule has 3 aromatic heterocycles. The minimum Gasteiger partial charge on any atom is -0.360 e. The number of piperidine rings is 1. The molecule has 6 nitrogen and oxygen atoms in total. The van der Waals surface area contributed by atoms with E-state index in [4.69, 9.17) is 4.98 Å². The Morgan fingerprint density at radius 2 is 2.12 bits per heavy atom. The van der Waals surface area contributed by atoms with Crippen molar-refractivity contribution in [2.24, 2.45) is 0 Å². The van der Waals surface area contributed by atoms with Crippen LogP contribution < -0.4 is 5.32 Å². The van der Waals surface area contributed by atoms with Crippen LogP contribution in [0.1, 0.15) is 34.7 Å². The smallest absolute Gasteiger partial charge is 0.258 e. The number of fused-ring (bicyclic) bond motifs is 1. The first-order valence-corrected chi connectivity index (χ1v) is 8.58. The molecule has 6 heteroatoms. The number of aromatic nitrogens is 3. The average molecular weight is 335 g/mol. The maximum Gasteiger partial charge on any atom is 0.258 e. The third-order valence-electron chi connectivity index (χ3n) is 4.88. The van der Waals surface area contributed by atoms with Crippen LogP contribution in [0.25, 0.3) is 11.0 Å². The first kappa shape index (κ1) is 15.8. The molecule has 1 saturated heterocycles. The molecule has 1 fully saturated rings. The van der Waals surface area contributed by atoms with E-state index in [1.165, 1.54) is 5.56 Å². The van der Waals surface area contributed by atoms with Crippen molar-refractivity contribution in [3.05, 3.63) is 54.0 Å². The highest BCUT2D eigenvalue weighted by Crippen LogP contribution is 2.32. The molecule has 1 aliphatic heterocycles. The second kappa shape index (κ2) is 6.64. The molecule has 128 valence electrons. The molecule has 4 heterocycles. The minimum absolute atomic E-state index is 0.198. The van der Waals surface area contributed by atoms with Gasteiger partial charge in [-0.1, -0.05) is 0 Å². The maximum atomic E-state index is 12.3. The number of aromatic amines is 1. The number of anilines is 1. The Kier molecular flexibility index (Phi) is 4.19. The van der Waals surface area contributed by atoms with Gasteiger partial charge in [0, 0.05) is 18.6 Å². The fourth-order valence-corrected chi connectivity index (χ4v) is 3.41. The molecule has 0 aromatic carbocycles. The monoisotopic (exact) mass is 335 g/mol. The Balaban J connectivity index is 1.59. The van der Waals surface area contributed by atoms with E-state index in [0.717, 1.165) is 37.0 Å². The van der Waals surface area contributed by atoms with Crippen LogP contribution in [0.15, 0.2) is 42.9 Å². The van der Waals surface area contributed by atoms with E-state index in [2.05, 4.69) is 33.4 Å². The van der Waals surface area contributed by atoms with Gasteiger partial charge in [-0.2, -0.15) is 0 Å². The molecule has 0 unspecified atom stereocenters. The molecule has 0 spiro atoms. The number of H-pyrrole nitrogens is 1. The van der Waals surface area contributed by atoms with Gasteiger partial charge in [-0.3, -0.25) is 9.78 Å². The van der Waals surface area contributed by atoms with Crippen molar-refractivity contribution in [2.75, 3.05) is 25.5 Å². The Morgan fingerprint density at radius 1 is 1.28 bits per heavy atom. The van der Waals surface area contributed by atoms with Crippen LogP contribution in [-0.4, -0.2) is 45.9 Å². The second-order valence-electron chi connectivity index (χ2n) is 6.61. The summed E-state index contributed by atoms with van der Waals surface area (Å²) in [6.45, 7) is 2.21. The third kappa shape index (κ3) is 3.25. The standard InChI is InChI=1S/C19H21N5O/c1-24-9-6-13(7-10-24)15-12-21-16-4-5-17(22-18(15)16)23-19(25)14-3-2-8-20-11-14/h2-5,8,11-13,21H,6-7,9-10H2,1H3,(H,22,23,25). The van der Waals surface area contributed by atoms with Gasteiger partial charge in [-0.25, -0.2) is 4.98 Å². The van der Waals surface area contributed by atoms with Crippen LogP contribution in [0.5, 0.6) is 0 Å². The van der Waals surface area contributed by atoms with Crippen molar-refractivity contribution in [3.8, 4) is 0 Å². The molecular weight excluding hydrogens is 314 g/mol. The molecule has 0 atom stereocenters.